The number of benzene rings is 1. The number of pyridine rings is 1. The molecule has 3 aromatic heterocycles. The topological polar surface area (TPSA) is 119 Å². The molecule has 1 unspecified atom stereocenters. The average Bonchev–Trinajstić information content (AvgIpc) is 3.55. The first-order valence-electron chi connectivity index (χ1n) is 10.3. The molecule has 1 saturated carbocycles. The van der Waals surface area contributed by atoms with E-state index in [0.29, 0.717) is 29.3 Å². The number of hydrogen-bond donors (Lipinski definition) is 3. The molecular formula is C22H17ClF2N6O2S. The van der Waals surface area contributed by atoms with E-state index >= 15 is 4.39 Å². The standard InChI is InChI=1S/C22H17ClF2N6O2S/c23-13-5-6-26-9-16(13)34(33)31-15-4-3-14(24)18(19(15)25)20(32)12-8-28-22-17(12)21(29-10-30-22)27-7-11-1-2-11/h3-6,8-11,31H,1-2,7H2,(H2,27,28,29,30). The summed E-state index contributed by atoms with van der Waals surface area (Å²) in [5.74, 6) is -2.20. The van der Waals surface area contributed by atoms with E-state index in [1.807, 2.05) is 0 Å². The van der Waals surface area contributed by atoms with Crippen molar-refractivity contribution in [3.05, 3.63) is 70.9 Å². The van der Waals surface area contributed by atoms with Gasteiger partial charge in [-0.25, -0.2) is 23.5 Å². The zero-order valence-corrected chi connectivity index (χ0v) is 19.0. The van der Waals surface area contributed by atoms with E-state index in [4.69, 9.17) is 11.6 Å². The molecule has 4 aromatic rings. The van der Waals surface area contributed by atoms with Crippen molar-refractivity contribution in [1.82, 2.24) is 19.9 Å². The van der Waals surface area contributed by atoms with Gasteiger partial charge in [0.25, 0.3) is 0 Å². The van der Waals surface area contributed by atoms with E-state index in [-0.39, 0.29) is 21.2 Å². The molecule has 0 amide bonds. The van der Waals surface area contributed by atoms with Crippen LogP contribution in [0.3, 0.4) is 0 Å². The number of aromatic amines is 1. The molecule has 174 valence electrons. The molecule has 3 heterocycles. The second kappa shape index (κ2) is 9.16. The number of carbonyl (C=O) groups is 1. The van der Waals surface area contributed by atoms with E-state index in [0.717, 1.165) is 25.0 Å². The molecule has 5 rings (SSSR count). The molecule has 34 heavy (non-hydrogen) atoms. The maximum atomic E-state index is 15.4. The van der Waals surface area contributed by atoms with Gasteiger partial charge in [-0.05, 0) is 37.0 Å². The van der Waals surface area contributed by atoms with Gasteiger partial charge in [-0.2, -0.15) is 0 Å². The Balaban J connectivity index is 1.50. The van der Waals surface area contributed by atoms with Crippen LogP contribution in [0.2, 0.25) is 5.02 Å². The fourth-order valence-corrected chi connectivity index (χ4v) is 4.65. The maximum Gasteiger partial charge on any atom is 0.216 e. The number of hydrogen-bond acceptors (Lipinski definition) is 7. The quantitative estimate of drug-likeness (QED) is 0.240. The monoisotopic (exact) mass is 502 g/mol. The second-order valence-corrected chi connectivity index (χ2v) is 9.35. The molecule has 0 bridgehead atoms. The molecule has 0 spiro atoms. The molecular weight excluding hydrogens is 486 g/mol. The molecule has 0 saturated heterocycles. The Morgan fingerprint density at radius 3 is 2.85 bits per heavy atom. The van der Waals surface area contributed by atoms with Crippen LogP contribution < -0.4 is 10.0 Å². The van der Waals surface area contributed by atoms with E-state index < -0.39 is 34.3 Å². The number of aromatic nitrogens is 4. The van der Waals surface area contributed by atoms with Crippen molar-refractivity contribution in [2.45, 2.75) is 17.7 Å². The Labute approximate surface area is 200 Å². The van der Waals surface area contributed by atoms with Crippen LogP contribution in [0.25, 0.3) is 11.0 Å². The highest BCUT2D eigenvalue weighted by atomic mass is 35.5. The Kier molecular flexibility index (Phi) is 6.07. The van der Waals surface area contributed by atoms with Crippen LogP contribution >= 0.6 is 11.6 Å². The minimum atomic E-state index is -2.00. The summed E-state index contributed by atoms with van der Waals surface area (Å²) in [6, 6.07) is 3.42. The highest BCUT2D eigenvalue weighted by Gasteiger charge is 2.28. The van der Waals surface area contributed by atoms with Crippen LogP contribution in [0, 0.1) is 17.6 Å². The van der Waals surface area contributed by atoms with Crippen LogP contribution in [0.15, 0.2) is 48.0 Å². The van der Waals surface area contributed by atoms with E-state index in [1.54, 1.807) is 0 Å². The highest BCUT2D eigenvalue weighted by molar-refractivity contribution is 7.92. The number of rotatable bonds is 8. The van der Waals surface area contributed by atoms with Gasteiger partial charge in [0.2, 0.25) is 10.7 Å². The molecule has 0 radical (unpaired) electrons. The van der Waals surface area contributed by atoms with E-state index in [2.05, 4.69) is 30.0 Å². The number of halogens is 3. The van der Waals surface area contributed by atoms with Gasteiger partial charge < -0.3 is 14.9 Å². The number of H-pyrrole nitrogens is 1. The van der Waals surface area contributed by atoms with Crippen LogP contribution in [-0.2, 0) is 11.4 Å². The minimum Gasteiger partial charge on any atom is -0.588 e. The fraction of sp³-hybridized carbons (Fsp3) is 0.182. The molecule has 1 fully saturated rings. The first kappa shape index (κ1) is 22.5. The van der Waals surface area contributed by atoms with Gasteiger partial charge in [0.15, 0.2) is 5.82 Å². The third kappa shape index (κ3) is 4.29. The van der Waals surface area contributed by atoms with Gasteiger partial charge in [-0.3, -0.25) is 9.78 Å². The van der Waals surface area contributed by atoms with Gasteiger partial charge in [-0.1, -0.05) is 11.6 Å². The molecule has 1 atom stereocenters. The maximum absolute atomic E-state index is 15.4. The zero-order chi connectivity index (χ0) is 23.8. The minimum absolute atomic E-state index is 0.0141. The number of carbonyl (C=O) groups excluding carboxylic acids is 1. The summed E-state index contributed by atoms with van der Waals surface area (Å²) in [4.78, 5) is 28.4. The average molecular weight is 503 g/mol. The smallest absolute Gasteiger partial charge is 0.216 e. The van der Waals surface area contributed by atoms with Crippen molar-refractivity contribution in [1.29, 1.82) is 0 Å². The largest absolute Gasteiger partial charge is 0.588 e. The van der Waals surface area contributed by atoms with Crippen LogP contribution in [-0.4, -0.2) is 36.8 Å². The molecule has 1 aromatic carbocycles. The fourth-order valence-electron chi connectivity index (χ4n) is 3.47. The number of anilines is 2. The third-order valence-corrected chi connectivity index (χ3v) is 7.00. The van der Waals surface area contributed by atoms with Crippen molar-refractivity contribution in [2.75, 3.05) is 16.6 Å². The van der Waals surface area contributed by atoms with Crippen molar-refractivity contribution in [3.63, 3.8) is 0 Å². The summed E-state index contributed by atoms with van der Waals surface area (Å²) in [6.45, 7) is 0.676. The molecule has 1 aliphatic carbocycles. The highest BCUT2D eigenvalue weighted by Crippen LogP contribution is 2.33. The van der Waals surface area contributed by atoms with Gasteiger partial charge in [0.05, 0.1) is 22.7 Å². The number of ketones is 1. The summed E-state index contributed by atoms with van der Waals surface area (Å²) in [7, 11) is 0. The summed E-state index contributed by atoms with van der Waals surface area (Å²) < 4.78 is 45.1. The predicted octanol–water partition coefficient (Wildman–Crippen LogP) is 4.47. The second-order valence-electron chi connectivity index (χ2n) is 7.76. The van der Waals surface area contributed by atoms with Crippen LogP contribution in [0.1, 0.15) is 28.8 Å². The lowest BCUT2D eigenvalue weighted by Gasteiger charge is -2.14. The summed E-state index contributed by atoms with van der Waals surface area (Å²) in [5, 5.41) is 3.69. The normalized spacial score (nSPS) is 14.2. The lowest BCUT2D eigenvalue weighted by molar-refractivity contribution is 0.103. The zero-order valence-electron chi connectivity index (χ0n) is 17.4. The molecule has 0 aliphatic heterocycles. The first-order chi connectivity index (χ1) is 16.4. The Morgan fingerprint density at radius 1 is 1.26 bits per heavy atom. The van der Waals surface area contributed by atoms with Crippen LogP contribution in [0.5, 0.6) is 0 Å². The van der Waals surface area contributed by atoms with E-state index in [9.17, 15) is 13.7 Å². The Bertz CT molecular complexity index is 1400. The van der Waals surface area contributed by atoms with Crippen molar-refractivity contribution in [3.8, 4) is 0 Å². The van der Waals surface area contributed by atoms with Gasteiger partial charge in [0.1, 0.15) is 45.7 Å². The number of nitrogens with one attached hydrogen (secondary N) is 3. The number of fused-ring (bicyclic) bond motifs is 1. The Morgan fingerprint density at radius 2 is 2.09 bits per heavy atom. The van der Waals surface area contributed by atoms with E-state index in [1.165, 1.54) is 31.0 Å². The SMILES string of the molecule is O=C(c1c(F)ccc(N[S+]([O-])c2cnccc2Cl)c1F)c1c[nH]c2ncnc(NCC3CC3)c12. The van der Waals surface area contributed by atoms with Crippen molar-refractivity contribution in [2.24, 2.45) is 5.92 Å². The molecule has 1 aliphatic rings. The summed E-state index contributed by atoms with van der Waals surface area (Å²) in [5.41, 5.74) is -0.748. The predicted molar refractivity (Wildman–Crippen MR) is 124 cm³/mol. The van der Waals surface area contributed by atoms with Crippen LogP contribution in [0.4, 0.5) is 20.3 Å². The third-order valence-electron chi connectivity index (χ3n) is 5.42. The van der Waals surface area contributed by atoms with Gasteiger partial charge >= 0.3 is 0 Å². The first-order valence-corrected chi connectivity index (χ1v) is 11.8. The number of nitrogens with zero attached hydrogens (tertiary/aromatic N) is 3. The molecule has 3 N–H and O–H groups in total. The van der Waals surface area contributed by atoms with Crippen molar-refractivity contribution >= 4 is 51.3 Å². The molecule has 8 nitrogen and oxygen atoms in total. The van der Waals surface area contributed by atoms with Gasteiger partial charge in [0, 0.05) is 18.9 Å². The summed E-state index contributed by atoms with van der Waals surface area (Å²) >= 11 is 4.01. The summed E-state index contributed by atoms with van der Waals surface area (Å²) in [6.07, 6.45) is 7.59. The lowest BCUT2D eigenvalue weighted by Crippen LogP contribution is -2.17. The molecule has 12 heteroatoms. The van der Waals surface area contributed by atoms with Crippen molar-refractivity contribution < 1.29 is 18.1 Å². The Hall–Kier alpha value is -3.28. The lowest BCUT2D eigenvalue weighted by atomic mass is 10.0. The van der Waals surface area contributed by atoms with Gasteiger partial charge in [-0.15, -0.1) is 0 Å².